The summed E-state index contributed by atoms with van der Waals surface area (Å²) in [5, 5.41) is 9.53. The number of alkyl halides is 1. The SMILES string of the molecule is Cc1cccc(-c2ccccc2C(C)(O)F)c1. The molecule has 2 rings (SSSR count). The summed E-state index contributed by atoms with van der Waals surface area (Å²) in [4.78, 5) is 0. The van der Waals surface area contributed by atoms with Crippen molar-refractivity contribution in [1.82, 2.24) is 0 Å². The third-order valence-corrected chi connectivity index (χ3v) is 2.75. The van der Waals surface area contributed by atoms with Gasteiger partial charge in [0, 0.05) is 5.56 Å². The molecule has 1 nitrogen and oxygen atoms in total. The lowest BCUT2D eigenvalue weighted by Crippen LogP contribution is -2.14. The Morgan fingerprint density at radius 3 is 2.41 bits per heavy atom. The van der Waals surface area contributed by atoms with Gasteiger partial charge in [-0.05, 0) is 25.0 Å². The highest BCUT2D eigenvalue weighted by atomic mass is 19.2. The minimum atomic E-state index is -2.32. The van der Waals surface area contributed by atoms with Crippen LogP contribution in [0.1, 0.15) is 18.1 Å². The van der Waals surface area contributed by atoms with Crippen molar-refractivity contribution in [2.45, 2.75) is 19.7 Å². The first-order valence-electron chi connectivity index (χ1n) is 5.56. The molecule has 0 aliphatic rings. The summed E-state index contributed by atoms with van der Waals surface area (Å²) in [5.41, 5.74) is 3.05. The first kappa shape index (κ1) is 11.8. The van der Waals surface area contributed by atoms with Crippen molar-refractivity contribution >= 4 is 0 Å². The minimum absolute atomic E-state index is 0.297. The molecule has 0 saturated carbocycles. The molecule has 2 heteroatoms. The molecule has 0 heterocycles. The summed E-state index contributed by atoms with van der Waals surface area (Å²) in [6, 6.07) is 14.8. The summed E-state index contributed by atoms with van der Waals surface area (Å²) in [7, 11) is 0. The van der Waals surface area contributed by atoms with E-state index in [0.29, 0.717) is 5.56 Å². The Morgan fingerprint density at radius 1 is 1.06 bits per heavy atom. The average molecular weight is 230 g/mol. The van der Waals surface area contributed by atoms with Crippen LogP contribution < -0.4 is 0 Å². The summed E-state index contributed by atoms with van der Waals surface area (Å²) < 4.78 is 13.7. The molecule has 0 radical (unpaired) electrons. The molecule has 17 heavy (non-hydrogen) atoms. The predicted molar refractivity (Wildman–Crippen MR) is 67.3 cm³/mol. The number of rotatable bonds is 2. The van der Waals surface area contributed by atoms with E-state index >= 15 is 0 Å². The van der Waals surface area contributed by atoms with Crippen LogP contribution in [0.2, 0.25) is 0 Å². The third-order valence-electron chi connectivity index (χ3n) is 2.75. The molecule has 0 aliphatic heterocycles. The quantitative estimate of drug-likeness (QED) is 0.832. The van der Waals surface area contributed by atoms with Crippen LogP contribution in [0.3, 0.4) is 0 Å². The molecule has 0 aromatic heterocycles. The molecule has 0 amide bonds. The van der Waals surface area contributed by atoms with Gasteiger partial charge in [-0.15, -0.1) is 0 Å². The second-order valence-electron chi connectivity index (χ2n) is 4.37. The van der Waals surface area contributed by atoms with Crippen molar-refractivity contribution in [2.24, 2.45) is 0 Å². The van der Waals surface area contributed by atoms with Crippen LogP contribution in [0.5, 0.6) is 0 Å². The summed E-state index contributed by atoms with van der Waals surface area (Å²) >= 11 is 0. The van der Waals surface area contributed by atoms with Gasteiger partial charge >= 0.3 is 0 Å². The van der Waals surface area contributed by atoms with Gasteiger partial charge in [0.15, 0.2) is 0 Å². The van der Waals surface area contributed by atoms with Crippen LogP contribution in [-0.2, 0) is 5.85 Å². The number of aliphatic hydroxyl groups is 1. The van der Waals surface area contributed by atoms with E-state index in [1.54, 1.807) is 12.1 Å². The summed E-state index contributed by atoms with van der Waals surface area (Å²) in [6.45, 7) is 3.14. The molecule has 2 aromatic rings. The van der Waals surface area contributed by atoms with Gasteiger partial charge < -0.3 is 5.11 Å². The number of aryl methyl sites for hydroxylation is 1. The molecule has 0 fully saturated rings. The highest BCUT2D eigenvalue weighted by Gasteiger charge is 2.24. The molecule has 88 valence electrons. The van der Waals surface area contributed by atoms with Crippen molar-refractivity contribution < 1.29 is 9.50 Å². The van der Waals surface area contributed by atoms with E-state index in [0.717, 1.165) is 23.6 Å². The highest BCUT2D eigenvalue weighted by Crippen LogP contribution is 2.32. The fraction of sp³-hybridized carbons (Fsp3) is 0.200. The molecular formula is C15H15FO. The number of halogens is 1. The van der Waals surface area contributed by atoms with Gasteiger partial charge in [0.2, 0.25) is 5.85 Å². The topological polar surface area (TPSA) is 20.2 Å². The van der Waals surface area contributed by atoms with Crippen molar-refractivity contribution in [3.8, 4) is 11.1 Å². The normalized spacial score (nSPS) is 14.4. The molecule has 1 N–H and O–H groups in total. The van der Waals surface area contributed by atoms with Gasteiger partial charge in [-0.2, -0.15) is 0 Å². The Hall–Kier alpha value is -1.67. The van der Waals surface area contributed by atoms with Crippen LogP contribution in [0.4, 0.5) is 4.39 Å². The van der Waals surface area contributed by atoms with E-state index in [4.69, 9.17) is 0 Å². The molecule has 0 aliphatic carbocycles. The van der Waals surface area contributed by atoms with Crippen LogP contribution in [0.25, 0.3) is 11.1 Å². The number of hydrogen-bond acceptors (Lipinski definition) is 1. The van der Waals surface area contributed by atoms with Crippen molar-refractivity contribution in [2.75, 3.05) is 0 Å². The summed E-state index contributed by atoms with van der Waals surface area (Å²) in [6.07, 6.45) is 0. The fourth-order valence-electron chi connectivity index (χ4n) is 1.95. The van der Waals surface area contributed by atoms with Crippen LogP contribution in [-0.4, -0.2) is 5.11 Å². The van der Waals surface area contributed by atoms with Crippen molar-refractivity contribution in [1.29, 1.82) is 0 Å². The summed E-state index contributed by atoms with van der Waals surface area (Å²) in [5.74, 6) is -2.32. The largest absolute Gasteiger partial charge is 0.358 e. The Kier molecular flexibility index (Phi) is 2.99. The van der Waals surface area contributed by atoms with Gasteiger partial charge in [0.25, 0.3) is 0 Å². The van der Waals surface area contributed by atoms with E-state index in [2.05, 4.69) is 0 Å². The van der Waals surface area contributed by atoms with Crippen LogP contribution >= 0.6 is 0 Å². The Morgan fingerprint density at radius 2 is 1.76 bits per heavy atom. The second-order valence-corrected chi connectivity index (χ2v) is 4.37. The average Bonchev–Trinajstić information content (AvgIpc) is 2.28. The zero-order valence-electron chi connectivity index (χ0n) is 9.94. The van der Waals surface area contributed by atoms with Crippen LogP contribution in [0, 0.1) is 6.92 Å². The Labute approximate surface area is 101 Å². The second kappa shape index (κ2) is 4.30. The molecule has 0 saturated heterocycles. The maximum absolute atomic E-state index is 13.7. The minimum Gasteiger partial charge on any atom is -0.358 e. The van der Waals surface area contributed by atoms with Gasteiger partial charge in [-0.3, -0.25) is 0 Å². The van der Waals surface area contributed by atoms with Gasteiger partial charge in [-0.1, -0.05) is 54.1 Å². The maximum Gasteiger partial charge on any atom is 0.230 e. The zero-order valence-corrected chi connectivity index (χ0v) is 9.94. The maximum atomic E-state index is 13.7. The standard InChI is InChI=1S/C15H15FO/c1-11-6-5-7-12(10-11)13-8-3-4-9-14(13)15(2,16)17/h3-10,17H,1-2H3. The van der Waals surface area contributed by atoms with Crippen LogP contribution in [0.15, 0.2) is 48.5 Å². The first-order chi connectivity index (χ1) is 7.98. The lowest BCUT2D eigenvalue weighted by Gasteiger charge is -2.18. The fourth-order valence-corrected chi connectivity index (χ4v) is 1.95. The first-order valence-corrected chi connectivity index (χ1v) is 5.56. The Balaban J connectivity index is 2.60. The predicted octanol–water partition coefficient (Wildman–Crippen LogP) is 3.80. The van der Waals surface area contributed by atoms with Gasteiger partial charge in [0.1, 0.15) is 0 Å². The monoisotopic (exact) mass is 230 g/mol. The van der Waals surface area contributed by atoms with E-state index in [1.807, 2.05) is 43.3 Å². The van der Waals surface area contributed by atoms with E-state index in [1.165, 1.54) is 0 Å². The molecular weight excluding hydrogens is 215 g/mol. The van der Waals surface area contributed by atoms with Crippen molar-refractivity contribution in [3.05, 3.63) is 59.7 Å². The van der Waals surface area contributed by atoms with E-state index in [-0.39, 0.29) is 0 Å². The van der Waals surface area contributed by atoms with Gasteiger partial charge in [0.05, 0.1) is 0 Å². The lowest BCUT2D eigenvalue weighted by atomic mass is 9.95. The molecule has 1 unspecified atom stereocenters. The Bertz CT molecular complexity index is 526. The third kappa shape index (κ3) is 2.53. The number of hydrogen-bond donors (Lipinski definition) is 1. The molecule has 1 atom stereocenters. The van der Waals surface area contributed by atoms with E-state index in [9.17, 15) is 9.50 Å². The number of benzene rings is 2. The van der Waals surface area contributed by atoms with E-state index < -0.39 is 5.85 Å². The smallest absolute Gasteiger partial charge is 0.230 e. The highest BCUT2D eigenvalue weighted by molar-refractivity contribution is 5.68. The molecule has 0 bridgehead atoms. The zero-order chi connectivity index (χ0) is 12.5. The molecule has 2 aromatic carbocycles. The van der Waals surface area contributed by atoms with Gasteiger partial charge in [-0.25, -0.2) is 4.39 Å². The molecule has 0 spiro atoms. The lowest BCUT2D eigenvalue weighted by molar-refractivity contribution is -0.0763. The van der Waals surface area contributed by atoms with Crippen molar-refractivity contribution in [3.63, 3.8) is 0 Å².